The summed E-state index contributed by atoms with van der Waals surface area (Å²) in [6, 6.07) is 7.30. The molecule has 0 spiro atoms. The van der Waals surface area contributed by atoms with Crippen molar-refractivity contribution in [1.82, 2.24) is 4.98 Å². The number of aromatic carboxylic acids is 1. The second-order valence-corrected chi connectivity index (χ2v) is 3.65. The number of para-hydroxylation sites is 1. The number of halogens is 1. The molecule has 0 amide bonds. The molecule has 0 bridgehead atoms. The number of ether oxygens (including phenoxy) is 1. The Labute approximate surface area is 103 Å². The van der Waals surface area contributed by atoms with Crippen molar-refractivity contribution in [1.29, 1.82) is 0 Å². The highest BCUT2D eigenvalue weighted by atomic mass is 19.1. The van der Waals surface area contributed by atoms with E-state index >= 15 is 0 Å². The summed E-state index contributed by atoms with van der Waals surface area (Å²) in [5, 5.41) is 9.08. The number of aryl methyl sites for hydroxylation is 1. The van der Waals surface area contributed by atoms with Crippen molar-refractivity contribution < 1.29 is 19.0 Å². The van der Waals surface area contributed by atoms with Crippen LogP contribution in [0.4, 0.5) is 4.39 Å². The highest BCUT2D eigenvalue weighted by Crippen LogP contribution is 2.26. The number of aromatic nitrogens is 1. The SMILES string of the molecule is Cc1ccnc(Oc2ccccc2F)c1C(=O)O. The zero-order chi connectivity index (χ0) is 13.1. The van der Waals surface area contributed by atoms with Crippen LogP contribution < -0.4 is 4.74 Å². The van der Waals surface area contributed by atoms with Gasteiger partial charge < -0.3 is 9.84 Å². The average Bonchev–Trinajstić information content (AvgIpc) is 2.31. The van der Waals surface area contributed by atoms with Gasteiger partial charge >= 0.3 is 5.97 Å². The first-order valence-electron chi connectivity index (χ1n) is 5.21. The number of carboxylic acid groups (broad SMARTS) is 1. The first-order valence-corrected chi connectivity index (χ1v) is 5.21. The number of carboxylic acids is 1. The Kier molecular flexibility index (Phi) is 3.23. The van der Waals surface area contributed by atoms with Gasteiger partial charge in [-0.25, -0.2) is 14.2 Å². The Bertz CT molecular complexity index is 599. The van der Waals surface area contributed by atoms with Gasteiger partial charge in [-0.15, -0.1) is 0 Å². The Morgan fingerprint density at radius 2 is 2.06 bits per heavy atom. The lowest BCUT2D eigenvalue weighted by molar-refractivity contribution is 0.0692. The number of pyridine rings is 1. The number of hydrogen-bond donors (Lipinski definition) is 1. The molecule has 18 heavy (non-hydrogen) atoms. The third-order valence-corrected chi connectivity index (χ3v) is 2.38. The first-order chi connectivity index (χ1) is 8.59. The molecular weight excluding hydrogens is 237 g/mol. The maximum Gasteiger partial charge on any atom is 0.341 e. The zero-order valence-electron chi connectivity index (χ0n) is 9.55. The fourth-order valence-electron chi connectivity index (χ4n) is 1.50. The molecule has 0 fully saturated rings. The third-order valence-electron chi connectivity index (χ3n) is 2.38. The number of nitrogens with zero attached hydrogens (tertiary/aromatic N) is 1. The smallest absolute Gasteiger partial charge is 0.341 e. The molecule has 5 heteroatoms. The minimum Gasteiger partial charge on any atom is -0.477 e. The van der Waals surface area contributed by atoms with Crippen molar-refractivity contribution in [3.05, 3.63) is 53.5 Å². The van der Waals surface area contributed by atoms with Gasteiger partial charge in [0, 0.05) is 6.20 Å². The minimum atomic E-state index is -1.16. The van der Waals surface area contributed by atoms with E-state index in [9.17, 15) is 9.18 Å². The lowest BCUT2D eigenvalue weighted by Crippen LogP contribution is -2.05. The van der Waals surface area contributed by atoms with E-state index in [1.54, 1.807) is 19.1 Å². The van der Waals surface area contributed by atoms with Crippen molar-refractivity contribution in [3.63, 3.8) is 0 Å². The molecule has 0 saturated carbocycles. The molecule has 0 saturated heterocycles. The Morgan fingerprint density at radius 1 is 1.33 bits per heavy atom. The molecule has 4 nitrogen and oxygen atoms in total. The highest BCUT2D eigenvalue weighted by Gasteiger charge is 2.17. The molecular formula is C13H10FNO3. The fourth-order valence-corrected chi connectivity index (χ4v) is 1.50. The summed E-state index contributed by atoms with van der Waals surface area (Å²) < 4.78 is 18.6. The van der Waals surface area contributed by atoms with Gasteiger partial charge in [0.25, 0.3) is 0 Å². The summed E-state index contributed by atoms with van der Waals surface area (Å²) >= 11 is 0. The molecule has 2 aromatic rings. The standard InChI is InChI=1S/C13H10FNO3/c1-8-6-7-15-12(11(8)13(16)17)18-10-5-3-2-4-9(10)14/h2-7H,1H3,(H,16,17). The van der Waals surface area contributed by atoms with Crippen molar-refractivity contribution in [2.45, 2.75) is 6.92 Å². The second-order valence-electron chi connectivity index (χ2n) is 3.65. The molecule has 0 radical (unpaired) electrons. The lowest BCUT2D eigenvalue weighted by atomic mass is 10.1. The largest absolute Gasteiger partial charge is 0.477 e. The van der Waals surface area contributed by atoms with Crippen molar-refractivity contribution in [2.24, 2.45) is 0 Å². The van der Waals surface area contributed by atoms with E-state index in [-0.39, 0.29) is 17.2 Å². The van der Waals surface area contributed by atoms with Crippen molar-refractivity contribution in [2.75, 3.05) is 0 Å². The molecule has 0 aliphatic rings. The minimum absolute atomic E-state index is 0.0573. The zero-order valence-corrected chi connectivity index (χ0v) is 9.55. The van der Waals surface area contributed by atoms with Gasteiger partial charge in [0.1, 0.15) is 5.56 Å². The van der Waals surface area contributed by atoms with Gasteiger partial charge in [0.2, 0.25) is 5.88 Å². The summed E-state index contributed by atoms with van der Waals surface area (Å²) in [6.45, 7) is 1.62. The van der Waals surface area contributed by atoms with E-state index in [0.717, 1.165) is 0 Å². The molecule has 0 aliphatic carbocycles. The van der Waals surface area contributed by atoms with Crippen molar-refractivity contribution in [3.8, 4) is 11.6 Å². The van der Waals surface area contributed by atoms with Gasteiger partial charge in [0.15, 0.2) is 11.6 Å². The Morgan fingerprint density at radius 3 is 2.72 bits per heavy atom. The molecule has 1 aromatic heterocycles. The van der Waals surface area contributed by atoms with Crippen LogP contribution in [-0.4, -0.2) is 16.1 Å². The average molecular weight is 247 g/mol. The molecule has 92 valence electrons. The maximum atomic E-state index is 13.4. The Hall–Kier alpha value is -2.43. The molecule has 1 heterocycles. The number of rotatable bonds is 3. The van der Waals surface area contributed by atoms with E-state index in [2.05, 4.69) is 4.98 Å². The van der Waals surface area contributed by atoms with Crippen LogP contribution in [0.25, 0.3) is 0 Å². The number of hydrogen-bond acceptors (Lipinski definition) is 3. The van der Waals surface area contributed by atoms with Crippen LogP contribution in [-0.2, 0) is 0 Å². The molecule has 1 aromatic carbocycles. The number of carbonyl (C=O) groups is 1. The normalized spacial score (nSPS) is 10.1. The Balaban J connectivity index is 2.44. The monoisotopic (exact) mass is 247 g/mol. The van der Waals surface area contributed by atoms with Crippen LogP contribution in [0.5, 0.6) is 11.6 Å². The summed E-state index contributed by atoms with van der Waals surface area (Å²) in [5.74, 6) is -1.91. The van der Waals surface area contributed by atoms with Crippen LogP contribution in [0.1, 0.15) is 15.9 Å². The van der Waals surface area contributed by atoms with Gasteiger partial charge in [-0.3, -0.25) is 0 Å². The van der Waals surface area contributed by atoms with Crippen LogP contribution in [0.15, 0.2) is 36.5 Å². The van der Waals surface area contributed by atoms with Gasteiger partial charge in [0.05, 0.1) is 0 Å². The molecule has 0 unspecified atom stereocenters. The van der Waals surface area contributed by atoms with Crippen LogP contribution in [0, 0.1) is 12.7 Å². The van der Waals surface area contributed by atoms with E-state index in [1.165, 1.54) is 24.4 Å². The fraction of sp³-hybridized carbons (Fsp3) is 0.0769. The van der Waals surface area contributed by atoms with E-state index in [1.807, 2.05) is 0 Å². The van der Waals surface area contributed by atoms with E-state index in [4.69, 9.17) is 9.84 Å². The van der Waals surface area contributed by atoms with Gasteiger partial charge in [-0.1, -0.05) is 12.1 Å². The van der Waals surface area contributed by atoms with Gasteiger partial charge in [-0.2, -0.15) is 0 Å². The lowest BCUT2D eigenvalue weighted by Gasteiger charge is -2.09. The topological polar surface area (TPSA) is 59.4 Å². The molecule has 2 rings (SSSR count). The van der Waals surface area contributed by atoms with Crippen LogP contribution in [0.2, 0.25) is 0 Å². The quantitative estimate of drug-likeness (QED) is 0.905. The van der Waals surface area contributed by atoms with Crippen molar-refractivity contribution >= 4 is 5.97 Å². The molecule has 0 aliphatic heterocycles. The van der Waals surface area contributed by atoms with Crippen LogP contribution in [0.3, 0.4) is 0 Å². The van der Waals surface area contributed by atoms with E-state index < -0.39 is 11.8 Å². The highest BCUT2D eigenvalue weighted by molar-refractivity contribution is 5.91. The molecule has 0 atom stereocenters. The summed E-state index contributed by atoms with van der Waals surface area (Å²) in [7, 11) is 0. The predicted molar refractivity (Wildman–Crippen MR) is 62.4 cm³/mol. The second kappa shape index (κ2) is 4.83. The summed E-state index contributed by atoms with van der Waals surface area (Å²) in [5.41, 5.74) is 0.435. The third kappa shape index (κ3) is 2.29. The van der Waals surface area contributed by atoms with Crippen LogP contribution >= 0.6 is 0 Å². The maximum absolute atomic E-state index is 13.4. The summed E-state index contributed by atoms with van der Waals surface area (Å²) in [4.78, 5) is 14.9. The predicted octanol–water partition coefficient (Wildman–Crippen LogP) is 3.02. The number of benzene rings is 1. The summed E-state index contributed by atoms with van der Waals surface area (Å²) in [6.07, 6.45) is 1.41. The van der Waals surface area contributed by atoms with E-state index in [0.29, 0.717) is 5.56 Å². The van der Waals surface area contributed by atoms with Gasteiger partial charge in [-0.05, 0) is 30.7 Å². The first kappa shape index (κ1) is 12.0. The molecule has 1 N–H and O–H groups in total.